The standard InChI is InChI=1S/C13H10BrFN2O2/c1-19-13-5-4-11(16-17-13)12(18)7-8-6-9(15)2-3-10(8)14/h2-6H,7H2,1H3. The van der Waals surface area contributed by atoms with Gasteiger partial charge < -0.3 is 4.74 Å². The number of nitrogens with zero attached hydrogens (tertiary/aromatic N) is 2. The van der Waals surface area contributed by atoms with E-state index in [0.29, 0.717) is 15.9 Å². The van der Waals surface area contributed by atoms with Gasteiger partial charge in [0.05, 0.1) is 7.11 Å². The maximum atomic E-state index is 13.1. The van der Waals surface area contributed by atoms with Crippen LogP contribution in [0.25, 0.3) is 0 Å². The number of rotatable bonds is 4. The maximum absolute atomic E-state index is 13.1. The molecular formula is C13H10BrFN2O2. The lowest BCUT2D eigenvalue weighted by Crippen LogP contribution is -2.08. The average Bonchev–Trinajstić information content (AvgIpc) is 2.43. The smallest absolute Gasteiger partial charge is 0.233 e. The quantitative estimate of drug-likeness (QED) is 0.811. The van der Waals surface area contributed by atoms with Crippen molar-refractivity contribution in [1.82, 2.24) is 10.2 Å². The van der Waals surface area contributed by atoms with Gasteiger partial charge in [0.25, 0.3) is 0 Å². The molecule has 2 rings (SSSR count). The Bertz CT molecular complexity index is 602. The van der Waals surface area contributed by atoms with Gasteiger partial charge in [0.1, 0.15) is 11.5 Å². The molecule has 2 aromatic rings. The zero-order valence-electron chi connectivity index (χ0n) is 10.1. The van der Waals surface area contributed by atoms with E-state index in [1.54, 1.807) is 12.1 Å². The molecule has 0 bridgehead atoms. The van der Waals surface area contributed by atoms with Crippen molar-refractivity contribution < 1.29 is 13.9 Å². The second-order valence-corrected chi connectivity index (χ2v) is 4.65. The zero-order chi connectivity index (χ0) is 13.8. The Morgan fingerprint density at radius 3 is 2.74 bits per heavy atom. The van der Waals surface area contributed by atoms with Crippen LogP contribution in [0.3, 0.4) is 0 Å². The number of carbonyl (C=O) groups is 1. The monoisotopic (exact) mass is 324 g/mol. The van der Waals surface area contributed by atoms with Crippen molar-refractivity contribution in [1.29, 1.82) is 0 Å². The molecule has 4 nitrogen and oxygen atoms in total. The normalized spacial score (nSPS) is 10.3. The highest BCUT2D eigenvalue weighted by molar-refractivity contribution is 9.10. The summed E-state index contributed by atoms with van der Waals surface area (Å²) in [6, 6.07) is 7.30. The Labute approximate surface area is 117 Å². The van der Waals surface area contributed by atoms with Gasteiger partial charge in [0.2, 0.25) is 5.88 Å². The molecule has 0 aliphatic carbocycles. The van der Waals surface area contributed by atoms with Crippen molar-refractivity contribution in [3.05, 3.63) is 51.9 Å². The summed E-state index contributed by atoms with van der Waals surface area (Å²) in [7, 11) is 1.47. The molecule has 0 saturated carbocycles. The van der Waals surface area contributed by atoms with Crippen LogP contribution in [0, 0.1) is 5.82 Å². The Kier molecular flexibility index (Phi) is 4.21. The summed E-state index contributed by atoms with van der Waals surface area (Å²) in [4.78, 5) is 12.0. The molecule has 0 amide bonds. The number of ketones is 1. The molecular weight excluding hydrogens is 315 g/mol. The predicted molar refractivity (Wildman–Crippen MR) is 70.7 cm³/mol. The van der Waals surface area contributed by atoms with Gasteiger partial charge in [-0.15, -0.1) is 10.2 Å². The van der Waals surface area contributed by atoms with Crippen molar-refractivity contribution in [3.8, 4) is 5.88 Å². The molecule has 98 valence electrons. The first kappa shape index (κ1) is 13.6. The minimum absolute atomic E-state index is 0.0549. The summed E-state index contributed by atoms with van der Waals surface area (Å²) < 4.78 is 18.7. The molecule has 0 saturated heterocycles. The first-order valence-electron chi connectivity index (χ1n) is 5.45. The van der Waals surface area contributed by atoms with Crippen molar-refractivity contribution in [2.24, 2.45) is 0 Å². The Hall–Kier alpha value is -1.82. The van der Waals surface area contributed by atoms with Gasteiger partial charge in [-0.2, -0.15) is 0 Å². The van der Waals surface area contributed by atoms with Crippen LogP contribution in [0.5, 0.6) is 5.88 Å². The third-order valence-electron chi connectivity index (χ3n) is 2.49. The average molecular weight is 325 g/mol. The first-order valence-corrected chi connectivity index (χ1v) is 6.24. The Balaban J connectivity index is 2.18. The van der Waals surface area contributed by atoms with E-state index in [1.165, 1.54) is 25.3 Å². The predicted octanol–water partition coefficient (Wildman–Crippen LogP) is 2.81. The van der Waals surface area contributed by atoms with Gasteiger partial charge in [-0.05, 0) is 29.8 Å². The van der Waals surface area contributed by atoms with Crippen LogP contribution < -0.4 is 4.74 Å². The lowest BCUT2D eigenvalue weighted by Gasteiger charge is -2.04. The largest absolute Gasteiger partial charge is 0.480 e. The topological polar surface area (TPSA) is 52.1 Å². The molecule has 1 aromatic carbocycles. The van der Waals surface area contributed by atoms with Crippen LogP contribution in [0.2, 0.25) is 0 Å². The summed E-state index contributed by atoms with van der Waals surface area (Å²) in [6.45, 7) is 0. The van der Waals surface area contributed by atoms with Gasteiger partial charge in [0.15, 0.2) is 5.78 Å². The maximum Gasteiger partial charge on any atom is 0.233 e. The molecule has 0 unspecified atom stereocenters. The summed E-state index contributed by atoms with van der Waals surface area (Å²) >= 11 is 3.28. The third-order valence-corrected chi connectivity index (χ3v) is 3.27. The van der Waals surface area contributed by atoms with Crippen LogP contribution in [-0.2, 0) is 6.42 Å². The van der Waals surface area contributed by atoms with E-state index >= 15 is 0 Å². The van der Waals surface area contributed by atoms with E-state index in [1.807, 2.05) is 0 Å². The zero-order valence-corrected chi connectivity index (χ0v) is 11.6. The number of Topliss-reactive ketones (excluding diaryl/α,β-unsaturated/α-hetero) is 1. The minimum Gasteiger partial charge on any atom is -0.480 e. The van der Waals surface area contributed by atoms with Crippen molar-refractivity contribution in [2.75, 3.05) is 7.11 Å². The van der Waals surface area contributed by atoms with Crippen molar-refractivity contribution >= 4 is 21.7 Å². The summed E-state index contributed by atoms with van der Waals surface area (Å²) in [5, 5.41) is 7.49. The number of hydrogen-bond acceptors (Lipinski definition) is 4. The van der Waals surface area contributed by atoms with Crippen LogP contribution in [0.1, 0.15) is 16.1 Å². The van der Waals surface area contributed by atoms with Crippen LogP contribution in [-0.4, -0.2) is 23.1 Å². The number of carbonyl (C=O) groups excluding carboxylic acids is 1. The van der Waals surface area contributed by atoms with Crippen LogP contribution >= 0.6 is 15.9 Å². The molecule has 0 atom stereocenters. The molecule has 0 spiro atoms. The van der Waals surface area contributed by atoms with Gasteiger partial charge in [-0.1, -0.05) is 15.9 Å². The van der Waals surface area contributed by atoms with Crippen LogP contribution in [0.4, 0.5) is 4.39 Å². The molecule has 19 heavy (non-hydrogen) atoms. The molecule has 0 aliphatic rings. The number of benzene rings is 1. The highest BCUT2D eigenvalue weighted by atomic mass is 79.9. The Morgan fingerprint density at radius 1 is 1.32 bits per heavy atom. The van der Waals surface area contributed by atoms with E-state index in [4.69, 9.17) is 4.74 Å². The summed E-state index contributed by atoms with van der Waals surface area (Å²) in [5.41, 5.74) is 0.791. The number of halogens is 2. The fraction of sp³-hybridized carbons (Fsp3) is 0.154. The highest BCUT2D eigenvalue weighted by Crippen LogP contribution is 2.19. The minimum atomic E-state index is -0.383. The van der Waals surface area contributed by atoms with E-state index < -0.39 is 0 Å². The lowest BCUT2D eigenvalue weighted by molar-refractivity contribution is 0.0987. The second-order valence-electron chi connectivity index (χ2n) is 3.80. The first-order chi connectivity index (χ1) is 9.10. The third kappa shape index (κ3) is 3.35. The summed E-state index contributed by atoms with van der Waals surface area (Å²) in [5.74, 6) is -0.281. The lowest BCUT2D eigenvalue weighted by atomic mass is 10.1. The van der Waals surface area contributed by atoms with Gasteiger partial charge >= 0.3 is 0 Å². The molecule has 1 heterocycles. The fourth-order valence-electron chi connectivity index (χ4n) is 1.52. The molecule has 0 fully saturated rings. The fourth-order valence-corrected chi connectivity index (χ4v) is 1.91. The molecule has 1 aromatic heterocycles. The van der Waals surface area contributed by atoms with E-state index in [0.717, 1.165) is 0 Å². The second kappa shape index (κ2) is 5.88. The van der Waals surface area contributed by atoms with Gasteiger partial charge in [-0.25, -0.2) is 4.39 Å². The molecule has 0 N–H and O–H groups in total. The number of ether oxygens (including phenoxy) is 1. The number of methoxy groups -OCH3 is 1. The number of hydrogen-bond donors (Lipinski definition) is 0. The Morgan fingerprint density at radius 2 is 2.11 bits per heavy atom. The molecule has 0 aliphatic heterocycles. The van der Waals surface area contributed by atoms with Gasteiger partial charge in [0, 0.05) is 17.0 Å². The summed E-state index contributed by atoms with van der Waals surface area (Å²) in [6.07, 6.45) is 0.0549. The van der Waals surface area contributed by atoms with E-state index in [-0.39, 0.29) is 23.7 Å². The molecule has 6 heteroatoms. The van der Waals surface area contributed by atoms with Crippen LogP contribution in [0.15, 0.2) is 34.8 Å². The van der Waals surface area contributed by atoms with Crippen molar-refractivity contribution in [3.63, 3.8) is 0 Å². The molecule has 0 radical (unpaired) electrons. The van der Waals surface area contributed by atoms with Crippen molar-refractivity contribution in [2.45, 2.75) is 6.42 Å². The SMILES string of the molecule is COc1ccc(C(=O)Cc2cc(F)ccc2Br)nn1. The number of aromatic nitrogens is 2. The van der Waals surface area contributed by atoms with E-state index in [2.05, 4.69) is 26.1 Å². The highest BCUT2D eigenvalue weighted by Gasteiger charge is 2.12. The van der Waals surface area contributed by atoms with Gasteiger partial charge in [-0.3, -0.25) is 4.79 Å². The van der Waals surface area contributed by atoms with E-state index in [9.17, 15) is 9.18 Å².